The van der Waals surface area contributed by atoms with Crippen molar-refractivity contribution in [3.05, 3.63) is 30.1 Å². The summed E-state index contributed by atoms with van der Waals surface area (Å²) in [4.78, 5) is 13.6. The van der Waals surface area contributed by atoms with Gasteiger partial charge in [0.25, 0.3) is 0 Å². The molecule has 2 aromatic heterocycles. The van der Waals surface area contributed by atoms with Crippen LogP contribution in [0.25, 0.3) is 11.2 Å². The first-order valence-corrected chi connectivity index (χ1v) is 8.60. The molecule has 3 aromatic rings. The second kappa shape index (κ2) is 6.96. The van der Waals surface area contributed by atoms with E-state index in [0.29, 0.717) is 16.6 Å². The van der Waals surface area contributed by atoms with E-state index in [2.05, 4.69) is 27.2 Å². The molecule has 24 heavy (non-hydrogen) atoms. The van der Waals surface area contributed by atoms with Gasteiger partial charge in [-0.2, -0.15) is 0 Å². The van der Waals surface area contributed by atoms with Gasteiger partial charge in [0.2, 0.25) is 0 Å². The highest BCUT2D eigenvalue weighted by Gasteiger charge is 2.12. The fourth-order valence-corrected chi connectivity index (χ4v) is 3.20. The number of nitrogen functional groups attached to an aromatic ring is 1. The maximum Gasteiger partial charge on any atom is 0.191 e. The minimum atomic E-state index is 0.631. The molecule has 3 N–H and O–H groups in total. The third-order valence-corrected chi connectivity index (χ3v) is 4.60. The largest absolute Gasteiger partial charge is 0.495 e. The molecule has 8 heteroatoms. The number of ether oxygens (including phenoxy) is 1. The van der Waals surface area contributed by atoms with E-state index >= 15 is 0 Å². The molecule has 2 heterocycles. The summed E-state index contributed by atoms with van der Waals surface area (Å²) in [5.74, 6) is 2.15. The van der Waals surface area contributed by atoms with Crippen molar-refractivity contribution in [3.8, 4) is 5.75 Å². The number of anilines is 2. The molecule has 0 saturated carbocycles. The molecule has 0 unspecified atom stereocenters. The van der Waals surface area contributed by atoms with Crippen LogP contribution < -0.4 is 15.8 Å². The van der Waals surface area contributed by atoms with E-state index < -0.39 is 0 Å². The van der Waals surface area contributed by atoms with Crippen LogP contribution in [0.15, 0.2) is 29.7 Å². The number of thioether (sulfide) groups is 1. The Morgan fingerprint density at radius 3 is 2.83 bits per heavy atom. The molecule has 1 aromatic carbocycles. The number of nitrogens with zero attached hydrogens (tertiary/aromatic N) is 4. The molecule has 126 valence electrons. The predicted octanol–water partition coefficient (Wildman–Crippen LogP) is 2.77. The standard InChI is InChI=1S/C16H20N6OS/c1-4-22-9-19-13-14(18-2)20-16(21-15(13)22)24-8-10-5-6-12(23-3)11(17)7-10/h5-7,9H,4,8,17H2,1-3H3,(H,18,20,21). The minimum Gasteiger partial charge on any atom is -0.495 e. The topological polar surface area (TPSA) is 90.9 Å². The summed E-state index contributed by atoms with van der Waals surface area (Å²) in [5.41, 5.74) is 9.31. The average Bonchev–Trinajstić information content (AvgIpc) is 3.02. The van der Waals surface area contributed by atoms with Gasteiger partial charge in [-0.3, -0.25) is 0 Å². The van der Waals surface area contributed by atoms with Crippen molar-refractivity contribution in [1.82, 2.24) is 19.5 Å². The molecule has 3 rings (SSSR count). The minimum absolute atomic E-state index is 0.631. The van der Waals surface area contributed by atoms with E-state index in [4.69, 9.17) is 10.5 Å². The van der Waals surface area contributed by atoms with Gasteiger partial charge in [0, 0.05) is 19.3 Å². The Kier molecular flexibility index (Phi) is 4.75. The van der Waals surface area contributed by atoms with E-state index in [1.807, 2.05) is 29.8 Å². The number of aryl methyl sites for hydroxylation is 1. The van der Waals surface area contributed by atoms with Gasteiger partial charge in [0.05, 0.1) is 19.1 Å². The van der Waals surface area contributed by atoms with Crippen molar-refractivity contribution >= 4 is 34.4 Å². The van der Waals surface area contributed by atoms with E-state index in [-0.39, 0.29) is 0 Å². The molecule has 0 atom stereocenters. The second-order valence-electron chi connectivity index (χ2n) is 5.17. The zero-order chi connectivity index (χ0) is 17.1. The van der Waals surface area contributed by atoms with E-state index in [9.17, 15) is 0 Å². The van der Waals surface area contributed by atoms with Crippen molar-refractivity contribution in [2.75, 3.05) is 25.2 Å². The third kappa shape index (κ3) is 3.09. The van der Waals surface area contributed by atoms with Crippen molar-refractivity contribution < 1.29 is 4.74 Å². The lowest BCUT2D eigenvalue weighted by Gasteiger charge is -2.08. The number of rotatable bonds is 6. The third-order valence-electron chi connectivity index (χ3n) is 3.68. The number of benzene rings is 1. The van der Waals surface area contributed by atoms with Crippen LogP contribution in [0.1, 0.15) is 12.5 Å². The lowest BCUT2D eigenvalue weighted by molar-refractivity contribution is 0.417. The lowest BCUT2D eigenvalue weighted by Crippen LogP contribution is -2.01. The van der Waals surface area contributed by atoms with Crippen molar-refractivity contribution in [3.63, 3.8) is 0 Å². The van der Waals surface area contributed by atoms with Crippen LogP contribution in [-0.2, 0) is 12.3 Å². The van der Waals surface area contributed by atoms with Crippen LogP contribution in [0.3, 0.4) is 0 Å². The van der Waals surface area contributed by atoms with Crippen molar-refractivity contribution in [2.45, 2.75) is 24.4 Å². The van der Waals surface area contributed by atoms with Gasteiger partial charge in [-0.1, -0.05) is 17.8 Å². The molecule has 0 aliphatic carbocycles. The van der Waals surface area contributed by atoms with Crippen LogP contribution in [0, 0.1) is 0 Å². The van der Waals surface area contributed by atoms with E-state index in [1.54, 1.807) is 25.2 Å². The number of hydrogen-bond acceptors (Lipinski definition) is 7. The second-order valence-corrected chi connectivity index (χ2v) is 6.12. The Labute approximate surface area is 144 Å². The first kappa shape index (κ1) is 16.4. The van der Waals surface area contributed by atoms with Crippen LogP contribution in [0.4, 0.5) is 11.5 Å². The van der Waals surface area contributed by atoms with Crippen LogP contribution >= 0.6 is 11.8 Å². The number of nitrogens with one attached hydrogen (secondary N) is 1. The Morgan fingerprint density at radius 2 is 2.17 bits per heavy atom. The highest BCUT2D eigenvalue weighted by Crippen LogP contribution is 2.28. The van der Waals surface area contributed by atoms with Crippen molar-refractivity contribution in [2.24, 2.45) is 0 Å². The average molecular weight is 344 g/mol. The summed E-state index contributed by atoms with van der Waals surface area (Å²) >= 11 is 1.56. The molecule has 0 bridgehead atoms. The van der Waals surface area contributed by atoms with Gasteiger partial charge in [0.15, 0.2) is 16.6 Å². The maximum absolute atomic E-state index is 5.96. The zero-order valence-corrected chi connectivity index (χ0v) is 14.7. The summed E-state index contributed by atoms with van der Waals surface area (Å²) in [6, 6.07) is 5.79. The summed E-state index contributed by atoms with van der Waals surface area (Å²) in [5, 5.41) is 3.80. The van der Waals surface area contributed by atoms with Gasteiger partial charge in [0.1, 0.15) is 11.3 Å². The number of methoxy groups -OCH3 is 1. The first-order valence-electron chi connectivity index (χ1n) is 7.62. The Hall–Kier alpha value is -2.48. The number of fused-ring (bicyclic) bond motifs is 1. The fraction of sp³-hybridized carbons (Fsp3) is 0.312. The van der Waals surface area contributed by atoms with Crippen LogP contribution in [0.5, 0.6) is 5.75 Å². The van der Waals surface area contributed by atoms with Gasteiger partial charge in [-0.25, -0.2) is 15.0 Å². The molecule has 0 saturated heterocycles. The zero-order valence-electron chi connectivity index (χ0n) is 13.9. The summed E-state index contributed by atoms with van der Waals surface area (Å²) in [6.07, 6.45) is 1.79. The highest BCUT2D eigenvalue weighted by molar-refractivity contribution is 7.98. The molecule has 0 radical (unpaired) electrons. The smallest absolute Gasteiger partial charge is 0.191 e. The lowest BCUT2D eigenvalue weighted by atomic mass is 10.2. The van der Waals surface area contributed by atoms with Crippen LogP contribution in [-0.4, -0.2) is 33.7 Å². The molecule has 0 fully saturated rings. The normalized spacial score (nSPS) is 11.0. The fourth-order valence-electron chi connectivity index (χ4n) is 2.42. The Bertz CT molecular complexity index is 863. The number of aromatic nitrogens is 4. The highest BCUT2D eigenvalue weighted by atomic mass is 32.2. The van der Waals surface area contributed by atoms with E-state index in [1.165, 1.54) is 0 Å². The van der Waals surface area contributed by atoms with Gasteiger partial charge >= 0.3 is 0 Å². The quantitative estimate of drug-likeness (QED) is 0.403. The number of hydrogen-bond donors (Lipinski definition) is 2. The summed E-state index contributed by atoms with van der Waals surface area (Å²) < 4.78 is 7.19. The van der Waals surface area contributed by atoms with Gasteiger partial charge in [-0.05, 0) is 24.6 Å². The summed E-state index contributed by atoms with van der Waals surface area (Å²) in [6.45, 7) is 2.88. The van der Waals surface area contributed by atoms with Gasteiger partial charge in [-0.15, -0.1) is 0 Å². The first-order chi connectivity index (χ1) is 11.7. The number of nitrogens with two attached hydrogens (primary N) is 1. The molecule has 0 amide bonds. The van der Waals surface area contributed by atoms with Crippen LogP contribution in [0.2, 0.25) is 0 Å². The molecule has 0 aliphatic rings. The molecule has 0 spiro atoms. The Balaban J connectivity index is 1.85. The predicted molar refractivity (Wildman–Crippen MR) is 97.5 cm³/mol. The van der Waals surface area contributed by atoms with E-state index in [0.717, 1.165) is 34.8 Å². The Morgan fingerprint density at radius 1 is 1.33 bits per heavy atom. The molecular formula is C16H20N6OS. The maximum atomic E-state index is 5.96. The molecular weight excluding hydrogens is 324 g/mol. The SMILES string of the molecule is CCn1cnc2c(NC)nc(SCc3ccc(OC)c(N)c3)nc21. The monoisotopic (exact) mass is 344 g/mol. The summed E-state index contributed by atoms with van der Waals surface area (Å²) in [7, 11) is 3.45. The number of imidazole rings is 1. The molecule has 7 nitrogen and oxygen atoms in total. The molecule has 0 aliphatic heterocycles. The van der Waals surface area contributed by atoms with Crippen molar-refractivity contribution in [1.29, 1.82) is 0 Å². The van der Waals surface area contributed by atoms with Gasteiger partial charge < -0.3 is 20.4 Å².